The van der Waals surface area contributed by atoms with Gasteiger partial charge in [-0.1, -0.05) is 0 Å². The molecule has 0 spiro atoms. The van der Waals surface area contributed by atoms with Crippen LogP contribution in [0.5, 0.6) is 0 Å². The van der Waals surface area contributed by atoms with Crippen molar-refractivity contribution in [1.82, 2.24) is 5.32 Å². The molecule has 0 aromatic carbocycles. The first kappa shape index (κ1) is 18.9. The molecule has 1 N–H and O–H groups in total. The summed E-state index contributed by atoms with van der Waals surface area (Å²) in [6.45, 7) is 3.01. The summed E-state index contributed by atoms with van der Waals surface area (Å²) in [4.78, 5) is 33.2. The van der Waals surface area contributed by atoms with E-state index in [1.165, 1.54) is 13.8 Å². The molecule has 21 heavy (non-hydrogen) atoms. The first-order valence-electron chi connectivity index (χ1n) is 6.07. The minimum Gasteiger partial charge on any atom is -0.466 e. The van der Waals surface area contributed by atoms with Crippen LogP contribution >= 0.6 is 0 Å². The third-order valence-electron chi connectivity index (χ3n) is 1.99. The van der Waals surface area contributed by atoms with Gasteiger partial charge in [0.05, 0.1) is 13.2 Å². The Morgan fingerprint density at radius 1 is 1.14 bits per heavy atom. The van der Waals surface area contributed by atoms with Gasteiger partial charge in [0.25, 0.3) is 0 Å². The van der Waals surface area contributed by atoms with Crippen LogP contribution < -0.4 is 5.32 Å². The van der Waals surface area contributed by atoms with Crippen LogP contribution in [0.2, 0.25) is 0 Å². The Morgan fingerprint density at radius 3 is 2.19 bits per heavy atom. The molecule has 0 rings (SSSR count). The summed E-state index contributed by atoms with van der Waals surface area (Å²) >= 11 is 0. The number of hydrogen-bond acceptors (Lipinski definition) is 5. The van der Waals surface area contributed by atoms with Crippen LogP contribution in [0.15, 0.2) is 12.2 Å². The van der Waals surface area contributed by atoms with Crippen molar-refractivity contribution >= 4 is 17.8 Å². The fraction of sp³-hybridized carbons (Fsp3) is 0.583. The summed E-state index contributed by atoms with van der Waals surface area (Å²) in [5, 5.41) is 1.58. The highest BCUT2D eigenvalue weighted by Crippen LogP contribution is 2.21. The topological polar surface area (TPSA) is 81.7 Å². The molecule has 9 heteroatoms. The van der Waals surface area contributed by atoms with Gasteiger partial charge in [0.2, 0.25) is 5.91 Å². The van der Waals surface area contributed by atoms with Crippen LogP contribution in [0.1, 0.15) is 20.3 Å². The highest BCUT2D eigenvalue weighted by Gasteiger charge is 2.39. The molecule has 0 aromatic rings. The van der Waals surface area contributed by atoms with E-state index in [2.05, 4.69) is 9.47 Å². The first-order chi connectivity index (χ1) is 9.70. The molecule has 1 atom stereocenters. The largest absolute Gasteiger partial charge is 0.466 e. The molecule has 120 valence electrons. The molecule has 0 aliphatic carbocycles. The van der Waals surface area contributed by atoms with Gasteiger partial charge in [-0.05, 0) is 19.9 Å². The van der Waals surface area contributed by atoms with Crippen LogP contribution in [0.25, 0.3) is 0 Å². The molecule has 1 unspecified atom stereocenters. The zero-order valence-electron chi connectivity index (χ0n) is 11.5. The van der Waals surface area contributed by atoms with E-state index in [0.29, 0.717) is 12.2 Å². The second kappa shape index (κ2) is 8.98. The van der Waals surface area contributed by atoms with Crippen LogP contribution in [0.4, 0.5) is 13.2 Å². The molecule has 0 fully saturated rings. The maximum absolute atomic E-state index is 12.7. The van der Waals surface area contributed by atoms with Gasteiger partial charge in [0, 0.05) is 6.08 Å². The SMILES string of the molecule is CCOC(=O)/C=C/C(NC(=O)CC(=O)OCC)C(F)(F)F. The average Bonchev–Trinajstić information content (AvgIpc) is 2.33. The Morgan fingerprint density at radius 2 is 1.71 bits per heavy atom. The van der Waals surface area contributed by atoms with Crippen molar-refractivity contribution in [2.24, 2.45) is 0 Å². The van der Waals surface area contributed by atoms with Crippen molar-refractivity contribution < 1.29 is 37.0 Å². The predicted octanol–water partition coefficient (Wildman–Crippen LogP) is 1.11. The zero-order chi connectivity index (χ0) is 16.5. The number of carbonyl (C=O) groups excluding carboxylic acids is 3. The minimum absolute atomic E-state index is 0.00900. The summed E-state index contributed by atoms with van der Waals surface area (Å²) < 4.78 is 46.9. The molecule has 0 saturated heterocycles. The number of amides is 1. The molecule has 0 bridgehead atoms. The van der Waals surface area contributed by atoms with Gasteiger partial charge in [0.1, 0.15) is 12.5 Å². The fourth-order valence-electron chi connectivity index (χ4n) is 1.17. The van der Waals surface area contributed by atoms with Crippen molar-refractivity contribution in [2.75, 3.05) is 13.2 Å². The van der Waals surface area contributed by atoms with Crippen molar-refractivity contribution in [1.29, 1.82) is 0 Å². The van der Waals surface area contributed by atoms with Crippen LogP contribution in [-0.2, 0) is 23.9 Å². The van der Waals surface area contributed by atoms with E-state index in [4.69, 9.17) is 0 Å². The lowest BCUT2D eigenvalue weighted by Crippen LogP contribution is -2.44. The van der Waals surface area contributed by atoms with Gasteiger partial charge in [-0.25, -0.2) is 4.79 Å². The Kier molecular flexibility index (Phi) is 8.10. The summed E-state index contributed by atoms with van der Waals surface area (Å²) in [7, 11) is 0. The molecule has 6 nitrogen and oxygen atoms in total. The van der Waals surface area contributed by atoms with Crippen molar-refractivity contribution in [2.45, 2.75) is 32.5 Å². The lowest BCUT2D eigenvalue weighted by atomic mass is 10.2. The van der Waals surface area contributed by atoms with Crippen molar-refractivity contribution in [3.63, 3.8) is 0 Å². The smallest absolute Gasteiger partial charge is 0.412 e. The standard InChI is InChI=1S/C12H16F3NO5/c1-3-20-10(18)6-5-8(12(13,14)15)16-9(17)7-11(19)21-4-2/h5-6,8H,3-4,7H2,1-2H3,(H,16,17)/b6-5+. The summed E-state index contributed by atoms with van der Waals surface area (Å²) in [5.74, 6) is -3.07. The third kappa shape index (κ3) is 8.66. The highest BCUT2D eigenvalue weighted by molar-refractivity contribution is 5.94. The molecule has 0 aliphatic rings. The highest BCUT2D eigenvalue weighted by atomic mass is 19.4. The van der Waals surface area contributed by atoms with Crippen LogP contribution in [-0.4, -0.2) is 43.3 Å². The van der Waals surface area contributed by atoms with E-state index in [-0.39, 0.29) is 13.2 Å². The fourth-order valence-corrected chi connectivity index (χ4v) is 1.17. The van der Waals surface area contributed by atoms with Gasteiger partial charge in [-0.3, -0.25) is 9.59 Å². The van der Waals surface area contributed by atoms with Crippen LogP contribution in [0.3, 0.4) is 0 Å². The molecule has 0 radical (unpaired) electrons. The molecule has 0 aromatic heterocycles. The normalized spacial score (nSPS) is 12.8. The minimum atomic E-state index is -4.81. The second-order valence-corrected chi connectivity index (χ2v) is 3.68. The number of ether oxygens (including phenoxy) is 2. The van der Waals surface area contributed by atoms with Gasteiger partial charge >= 0.3 is 18.1 Å². The average molecular weight is 311 g/mol. The van der Waals surface area contributed by atoms with E-state index in [9.17, 15) is 27.6 Å². The molecule has 0 saturated carbocycles. The van der Waals surface area contributed by atoms with E-state index in [1.54, 1.807) is 5.32 Å². The van der Waals surface area contributed by atoms with E-state index in [1.807, 2.05) is 0 Å². The monoisotopic (exact) mass is 311 g/mol. The number of nitrogens with one attached hydrogen (secondary N) is 1. The Bertz CT molecular complexity index is 406. The van der Waals surface area contributed by atoms with Gasteiger partial charge in [0.15, 0.2) is 0 Å². The van der Waals surface area contributed by atoms with E-state index < -0.39 is 36.5 Å². The zero-order valence-corrected chi connectivity index (χ0v) is 11.5. The predicted molar refractivity (Wildman–Crippen MR) is 65.0 cm³/mol. The Hall–Kier alpha value is -2.06. The number of alkyl halides is 3. The number of halogens is 3. The second-order valence-electron chi connectivity index (χ2n) is 3.68. The maximum atomic E-state index is 12.7. The molecule has 1 amide bonds. The number of rotatable bonds is 7. The molecular weight excluding hydrogens is 295 g/mol. The lowest BCUT2D eigenvalue weighted by molar-refractivity contribution is -0.156. The summed E-state index contributed by atoms with van der Waals surface area (Å²) in [6, 6.07) is -2.40. The molecule has 0 heterocycles. The lowest BCUT2D eigenvalue weighted by Gasteiger charge is -2.18. The van der Waals surface area contributed by atoms with Crippen LogP contribution in [0, 0.1) is 0 Å². The number of carbonyl (C=O) groups is 3. The van der Waals surface area contributed by atoms with Crippen molar-refractivity contribution in [3.8, 4) is 0 Å². The number of hydrogen-bond donors (Lipinski definition) is 1. The Balaban J connectivity index is 4.68. The first-order valence-corrected chi connectivity index (χ1v) is 6.07. The summed E-state index contributed by atoms with van der Waals surface area (Å²) in [6.07, 6.45) is -4.64. The summed E-state index contributed by atoms with van der Waals surface area (Å²) in [5.41, 5.74) is 0. The number of esters is 2. The van der Waals surface area contributed by atoms with Crippen molar-refractivity contribution in [3.05, 3.63) is 12.2 Å². The van der Waals surface area contributed by atoms with Gasteiger partial charge in [-0.2, -0.15) is 13.2 Å². The van der Waals surface area contributed by atoms with E-state index in [0.717, 1.165) is 0 Å². The third-order valence-corrected chi connectivity index (χ3v) is 1.99. The van der Waals surface area contributed by atoms with Gasteiger partial charge < -0.3 is 14.8 Å². The van der Waals surface area contributed by atoms with Gasteiger partial charge in [-0.15, -0.1) is 0 Å². The Labute approximate surface area is 119 Å². The van der Waals surface area contributed by atoms with E-state index >= 15 is 0 Å². The molecule has 0 aliphatic heterocycles. The quantitative estimate of drug-likeness (QED) is 0.433. The molecular formula is C12H16F3NO5. The maximum Gasteiger partial charge on any atom is 0.412 e.